The Hall–Kier alpha value is -1.99. The van der Waals surface area contributed by atoms with Crippen LogP contribution < -0.4 is 4.90 Å². The molecule has 0 saturated carbocycles. The molecule has 4 nitrogen and oxygen atoms in total. The van der Waals surface area contributed by atoms with E-state index in [9.17, 15) is 4.79 Å². The van der Waals surface area contributed by atoms with Gasteiger partial charge in [0.25, 0.3) is 0 Å². The van der Waals surface area contributed by atoms with E-state index in [1.165, 1.54) is 0 Å². The molecule has 1 saturated heterocycles. The molecule has 2 aliphatic rings. The van der Waals surface area contributed by atoms with Crippen molar-refractivity contribution in [1.29, 1.82) is 5.26 Å². The van der Waals surface area contributed by atoms with Gasteiger partial charge in [-0.15, -0.1) is 0 Å². The zero-order valence-electron chi connectivity index (χ0n) is 11.0. The van der Waals surface area contributed by atoms with E-state index in [4.69, 9.17) is 21.6 Å². The number of halogens is 1. The average molecular weight is 289 g/mol. The molecule has 1 unspecified atom stereocenters. The molecule has 1 aromatic carbocycles. The Bertz CT molecular complexity index is 663. The summed E-state index contributed by atoms with van der Waals surface area (Å²) in [6, 6.07) is 5.42. The van der Waals surface area contributed by atoms with Crippen LogP contribution in [0.1, 0.15) is 24.0 Å². The molecule has 1 fully saturated rings. The van der Waals surface area contributed by atoms with Crippen LogP contribution in [0.4, 0.5) is 10.5 Å². The van der Waals surface area contributed by atoms with E-state index in [0.29, 0.717) is 22.8 Å². The van der Waals surface area contributed by atoms with Crippen molar-refractivity contribution in [3.05, 3.63) is 40.4 Å². The summed E-state index contributed by atoms with van der Waals surface area (Å²) in [5.41, 5.74) is 1.35. The van der Waals surface area contributed by atoms with Crippen LogP contribution in [0.5, 0.6) is 0 Å². The minimum atomic E-state index is -0.496. The van der Waals surface area contributed by atoms with Crippen LogP contribution in [0.25, 0.3) is 0 Å². The molecule has 0 radical (unpaired) electrons. The van der Waals surface area contributed by atoms with E-state index >= 15 is 0 Å². The summed E-state index contributed by atoms with van der Waals surface area (Å²) < 4.78 is 5.52. The van der Waals surface area contributed by atoms with Crippen molar-refractivity contribution in [3.63, 3.8) is 0 Å². The Morgan fingerprint density at radius 2 is 2.30 bits per heavy atom. The number of amides is 1. The lowest BCUT2D eigenvalue weighted by Gasteiger charge is -2.20. The average Bonchev–Trinajstić information content (AvgIpc) is 3.00. The Morgan fingerprint density at radius 3 is 2.95 bits per heavy atom. The van der Waals surface area contributed by atoms with Crippen LogP contribution in [0.2, 0.25) is 5.02 Å². The quantitative estimate of drug-likeness (QED) is 0.742. The fourth-order valence-corrected chi connectivity index (χ4v) is 2.96. The maximum absolute atomic E-state index is 12.1. The molecule has 0 aromatic heterocycles. The number of hydrogen-bond donors (Lipinski definition) is 0. The first-order chi connectivity index (χ1) is 9.56. The van der Waals surface area contributed by atoms with Crippen LogP contribution in [-0.4, -0.2) is 18.2 Å². The van der Waals surface area contributed by atoms with Gasteiger partial charge in [-0.1, -0.05) is 17.7 Å². The van der Waals surface area contributed by atoms with Gasteiger partial charge < -0.3 is 4.74 Å². The van der Waals surface area contributed by atoms with E-state index < -0.39 is 5.60 Å². The lowest BCUT2D eigenvalue weighted by atomic mass is 10.0. The van der Waals surface area contributed by atoms with E-state index in [2.05, 4.69) is 0 Å². The molecule has 1 heterocycles. The van der Waals surface area contributed by atoms with Crippen molar-refractivity contribution >= 4 is 23.4 Å². The first-order valence-corrected chi connectivity index (χ1v) is 6.81. The van der Waals surface area contributed by atoms with Crippen molar-refractivity contribution < 1.29 is 9.53 Å². The highest BCUT2D eigenvalue weighted by atomic mass is 35.5. The van der Waals surface area contributed by atoms with Crippen molar-refractivity contribution in [2.75, 3.05) is 11.4 Å². The van der Waals surface area contributed by atoms with Gasteiger partial charge in [0.15, 0.2) is 5.60 Å². The largest absolute Gasteiger partial charge is 0.436 e. The van der Waals surface area contributed by atoms with Gasteiger partial charge in [-0.05, 0) is 43.5 Å². The van der Waals surface area contributed by atoms with E-state index in [1.807, 2.05) is 18.2 Å². The molecule has 1 aliphatic heterocycles. The molecular formula is C15H13ClN2O2. The topological polar surface area (TPSA) is 53.3 Å². The molecule has 1 aliphatic carbocycles. The number of rotatable bonds is 1. The smallest absolute Gasteiger partial charge is 0.415 e. The zero-order valence-corrected chi connectivity index (χ0v) is 11.8. The van der Waals surface area contributed by atoms with Gasteiger partial charge in [-0.25, -0.2) is 4.79 Å². The highest BCUT2D eigenvalue weighted by Crippen LogP contribution is 2.38. The van der Waals surface area contributed by atoms with Gasteiger partial charge in [0.05, 0.1) is 22.8 Å². The van der Waals surface area contributed by atoms with Crippen LogP contribution in [-0.2, 0) is 4.74 Å². The fourth-order valence-electron chi connectivity index (χ4n) is 2.76. The summed E-state index contributed by atoms with van der Waals surface area (Å²) in [7, 11) is 0. The lowest BCUT2D eigenvalue weighted by molar-refractivity contribution is 0.0940. The van der Waals surface area contributed by atoms with Gasteiger partial charge in [-0.3, -0.25) is 4.90 Å². The predicted molar refractivity (Wildman–Crippen MR) is 75.8 cm³/mol. The highest BCUT2D eigenvalue weighted by Gasteiger charge is 2.45. The molecule has 1 amide bonds. The number of benzene rings is 1. The summed E-state index contributed by atoms with van der Waals surface area (Å²) in [5, 5.41) is 9.36. The second-order valence-electron chi connectivity index (χ2n) is 5.14. The molecular weight excluding hydrogens is 276 g/mol. The monoisotopic (exact) mass is 288 g/mol. The molecule has 102 valence electrons. The number of hydrogen-bond acceptors (Lipinski definition) is 3. The zero-order chi connectivity index (χ0) is 14.3. The summed E-state index contributed by atoms with van der Waals surface area (Å²) in [4.78, 5) is 13.7. The van der Waals surface area contributed by atoms with Gasteiger partial charge in [-0.2, -0.15) is 5.26 Å². The number of nitriles is 1. The molecule has 1 spiro atoms. The minimum absolute atomic E-state index is 0.361. The van der Waals surface area contributed by atoms with Crippen molar-refractivity contribution in [2.24, 2.45) is 0 Å². The van der Waals surface area contributed by atoms with Crippen molar-refractivity contribution in [2.45, 2.75) is 25.4 Å². The molecule has 20 heavy (non-hydrogen) atoms. The normalized spacial score (nSPS) is 24.2. The number of ether oxygens (including phenoxy) is 1. The van der Waals surface area contributed by atoms with Gasteiger partial charge in [0, 0.05) is 0 Å². The first-order valence-electron chi connectivity index (χ1n) is 6.44. The van der Waals surface area contributed by atoms with Crippen molar-refractivity contribution in [1.82, 2.24) is 0 Å². The van der Waals surface area contributed by atoms with E-state index in [0.717, 1.165) is 18.4 Å². The predicted octanol–water partition coefficient (Wildman–Crippen LogP) is 3.57. The summed E-state index contributed by atoms with van der Waals surface area (Å²) in [6.45, 7) is 2.30. The SMILES string of the molecule is Cc1c(N2CC3(C=CCC3)OC2=O)ccc(C#N)c1Cl. The maximum Gasteiger partial charge on any atom is 0.415 e. The molecule has 1 aromatic rings. The number of carbonyl (C=O) groups is 1. The van der Waals surface area contributed by atoms with Gasteiger partial charge in [0.1, 0.15) is 6.07 Å². The van der Waals surface area contributed by atoms with Gasteiger partial charge >= 0.3 is 6.09 Å². The van der Waals surface area contributed by atoms with Crippen LogP contribution in [0.15, 0.2) is 24.3 Å². The third kappa shape index (κ3) is 1.86. The molecule has 3 rings (SSSR count). The van der Waals surface area contributed by atoms with Crippen LogP contribution in [0, 0.1) is 18.3 Å². The van der Waals surface area contributed by atoms with Gasteiger partial charge in [0.2, 0.25) is 0 Å². The third-order valence-corrected chi connectivity index (χ3v) is 4.35. The number of allylic oxidation sites excluding steroid dienone is 1. The number of carbonyl (C=O) groups excluding carboxylic acids is 1. The van der Waals surface area contributed by atoms with E-state index in [-0.39, 0.29) is 6.09 Å². The molecule has 0 N–H and O–H groups in total. The third-order valence-electron chi connectivity index (χ3n) is 3.86. The fraction of sp³-hybridized carbons (Fsp3) is 0.333. The standard InChI is InChI=1S/C15H13ClN2O2/c1-10-12(5-4-11(8-17)13(10)16)18-9-15(20-14(18)19)6-2-3-7-15/h2,4-6H,3,7,9H2,1H3. The summed E-state index contributed by atoms with van der Waals surface area (Å²) in [6.07, 6.45) is 5.38. The molecule has 5 heteroatoms. The number of nitrogens with zero attached hydrogens (tertiary/aromatic N) is 2. The first kappa shape index (κ1) is 13.0. The second kappa shape index (κ2) is 4.53. The summed E-state index contributed by atoms with van der Waals surface area (Å²) in [5.74, 6) is 0. The highest BCUT2D eigenvalue weighted by molar-refractivity contribution is 6.33. The van der Waals surface area contributed by atoms with Crippen LogP contribution in [0.3, 0.4) is 0 Å². The Labute approximate surface area is 122 Å². The van der Waals surface area contributed by atoms with Crippen molar-refractivity contribution in [3.8, 4) is 6.07 Å². The van der Waals surface area contributed by atoms with E-state index in [1.54, 1.807) is 24.0 Å². The number of anilines is 1. The lowest BCUT2D eigenvalue weighted by Crippen LogP contribution is -2.31. The summed E-state index contributed by atoms with van der Waals surface area (Å²) >= 11 is 6.16. The molecule has 0 bridgehead atoms. The second-order valence-corrected chi connectivity index (χ2v) is 5.52. The maximum atomic E-state index is 12.1. The molecule has 1 atom stereocenters. The Kier molecular flexibility index (Phi) is 2.95. The Balaban J connectivity index is 1.98. The Morgan fingerprint density at radius 1 is 1.50 bits per heavy atom. The van der Waals surface area contributed by atoms with Crippen LogP contribution >= 0.6 is 11.6 Å². The minimum Gasteiger partial charge on any atom is -0.436 e.